The standard InChI is InChI=1S/C11H13N/c1-3-7-10(2)12-11-8-5-4-6-9-11/h3-9H,1-2H3/b7-3+,12-10?. The van der Waals surface area contributed by atoms with Crippen molar-refractivity contribution in [2.24, 2.45) is 4.99 Å². The van der Waals surface area contributed by atoms with Gasteiger partial charge in [0.25, 0.3) is 0 Å². The Morgan fingerprint density at radius 2 is 1.92 bits per heavy atom. The summed E-state index contributed by atoms with van der Waals surface area (Å²) in [6.07, 6.45) is 3.98. The lowest BCUT2D eigenvalue weighted by Gasteiger charge is -1.93. The van der Waals surface area contributed by atoms with Crippen molar-refractivity contribution in [2.45, 2.75) is 13.8 Å². The predicted octanol–water partition coefficient (Wildman–Crippen LogP) is 3.36. The van der Waals surface area contributed by atoms with Gasteiger partial charge < -0.3 is 0 Å². The maximum absolute atomic E-state index is 4.38. The molecule has 0 spiro atoms. The molecule has 0 aliphatic rings. The van der Waals surface area contributed by atoms with E-state index in [1.807, 2.05) is 56.3 Å². The monoisotopic (exact) mass is 159 g/mol. The second-order valence-corrected chi connectivity index (χ2v) is 2.59. The number of aliphatic imine (C=N–C) groups is 1. The van der Waals surface area contributed by atoms with Gasteiger partial charge in [-0.05, 0) is 32.1 Å². The molecule has 0 fully saturated rings. The van der Waals surface area contributed by atoms with Gasteiger partial charge in [0.1, 0.15) is 0 Å². The lowest BCUT2D eigenvalue weighted by atomic mass is 10.3. The Morgan fingerprint density at radius 3 is 2.50 bits per heavy atom. The first-order chi connectivity index (χ1) is 5.83. The van der Waals surface area contributed by atoms with Crippen LogP contribution in [0, 0.1) is 0 Å². The second kappa shape index (κ2) is 4.50. The average Bonchev–Trinajstić information content (AvgIpc) is 2.06. The van der Waals surface area contributed by atoms with Crippen LogP contribution >= 0.6 is 0 Å². The van der Waals surface area contributed by atoms with E-state index in [2.05, 4.69) is 4.99 Å². The van der Waals surface area contributed by atoms with Crippen LogP contribution in [0.2, 0.25) is 0 Å². The van der Waals surface area contributed by atoms with Gasteiger partial charge in [-0.2, -0.15) is 0 Å². The van der Waals surface area contributed by atoms with Gasteiger partial charge in [-0.1, -0.05) is 24.3 Å². The number of hydrogen-bond donors (Lipinski definition) is 0. The minimum atomic E-state index is 1.01. The van der Waals surface area contributed by atoms with Crippen LogP contribution < -0.4 is 0 Å². The fourth-order valence-electron chi connectivity index (χ4n) is 0.985. The average molecular weight is 159 g/mol. The molecular formula is C11H13N. The summed E-state index contributed by atoms with van der Waals surface area (Å²) in [5.41, 5.74) is 2.04. The van der Waals surface area contributed by atoms with Crippen LogP contribution in [0.3, 0.4) is 0 Å². The molecule has 0 saturated heterocycles. The molecule has 1 nitrogen and oxygen atoms in total. The second-order valence-electron chi connectivity index (χ2n) is 2.59. The largest absolute Gasteiger partial charge is 0.254 e. The molecule has 0 aliphatic carbocycles. The van der Waals surface area contributed by atoms with Crippen LogP contribution in [-0.2, 0) is 0 Å². The molecule has 0 atom stereocenters. The van der Waals surface area contributed by atoms with Crippen LogP contribution in [0.1, 0.15) is 13.8 Å². The van der Waals surface area contributed by atoms with Crippen molar-refractivity contribution in [1.29, 1.82) is 0 Å². The predicted molar refractivity (Wildman–Crippen MR) is 54.0 cm³/mol. The molecule has 0 saturated carbocycles. The number of para-hydroxylation sites is 1. The van der Waals surface area contributed by atoms with Crippen LogP contribution in [0.15, 0.2) is 47.5 Å². The Labute approximate surface area is 73.5 Å². The summed E-state index contributed by atoms with van der Waals surface area (Å²) in [6, 6.07) is 9.95. The number of benzene rings is 1. The molecule has 62 valence electrons. The minimum absolute atomic E-state index is 1.01. The van der Waals surface area contributed by atoms with E-state index in [1.165, 1.54) is 0 Å². The molecule has 12 heavy (non-hydrogen) atoms. The Bertz CT molecular complexity index is 283. The quantitative estimate of drug-likeness (QED) is 0.587. The summed E-state index contributed by atoms with van der Waals surface area (Å²) in [7, 11) is 0. The molecular weight excluding hydrogens is 146 g/mol. The van der Waals surface area contributed by atoms with E-state index in [9.17, 15) is 0 Å². The lowest BCUT2D eigenvalue weighted by Crippen LogP contribution is -1.81. The maximum atomic E-state index is 4.38. The van der Waals surface area contributed by atoms with Crippen LogP contribution in [0.4, 0.5) is 5.69 Å². The van der Waals surface area contributed by atoms with Crippen molar-refractivity contribution >= 4 is 11.4 Å². The Balaban J connectivity index is 2.81. The van der Waals surface area contributed by atoms with E-state index in [4.69, 9.17) is 0 Å². The zero-order chi connectivity index (χ0) is 8.81. The summed E-state index contributed by atoms with van der Waals surface area (Å²) in [5.74, 6) is 0. The summed E-state index contributed by atoms with van der Waals surface area (Å²) < 4.78 is 0. The summed E-state index contributed by atoms with van der Waals surface area (Å²) in [4.78, 5) is 4.38. The molecule has 0 radical (unpaired) electrons. The molecule has 0 bridgehead atoms. The summed E-state index contributed by atoms with van der Waals surface area (Å²) in [6.45, 7) is 3.98. The lowest BCUT2D eigenvalue weighted by molar-refractivity contribution is 1.50. The first-order valence-corrected chi connectivity index (χ1v) is 4.06. The zero-order valence-electron chi connectivity index (χ0n) is 7.49. The molecule has 0 heterocycles. The fraction of sp³-hybridized carbons (Fsp3) is 0.182. The highest BCUT2D eigenvalue weighted by molar-refractivity contribution is 5.94. The van der Waals surface area contributed by atoms with Gasteiger partial charge in [-0.15, -0.1) is 0 Å². The van der Waals surface area contributed by atoms with E-state index < -0.39 is 0 Å². The van der Waals surface area contributed by atoms with Gasteiger partial charge in [0.2, 0.25) is 0 Å². The van der Waals surface area contributed by atoms with Crippen molar-refractivity contribution < 1.29 is 0 Å². The SMILES string of the molecule is C/C=C/C(C)=Nc1ccccc1. The number of rotatable bonds is 2. The number of hydrogen-bond acceptors (Lipinski definition) is 1. The van der Waals surface area contributed by atoms with Crippen molar-refractivity contribution in [3.05, 3.63) is 42.5 Å². The van der Waals surface area contributed by atoms with Gasteiger partial charge in [-0.25, -0.2) is 0 Å². The summed E-state index contributed by atoms with van der Waals surface area (Å²) in [5, 5.41) is 0. The highest BCUT2D eigenvalue weighted by Crippen LogP contribution is 2.09. The number of allylic oxidation sites excluding steroid dienone is 2. The smallest absolute Gasteiger partial charge is 0.0632 e. The zero-order valence-corrected chi connectivity index (χ0v) is 7.49. The van der Waals surface area contributed by atoms with Gasteiger partial charge in [0, 0.05) is 5.71 Å². The first kappa shape index (κ1) is 8.72. The fourth-order valence-corrected chi connectivity index (χ4v) is 0.985. The molecule has 1 aromatic rings. The molecule has 0 unspecified atom stereocenters. The topological polar surface area (TPSA) is 12.4 Å². The van der Waals surface area contributed by atoms with E-state index in [-0.39, 0.29) is 0 Å². The van der Waals surface area contributed by atoms with E-state index in [0.717, 1.165) is 11.4 Å². The van der Waals surface area contributed by atoms with Gasteiger partial charge in [0.05, 0.1) is 5.69 Å². The molecule has 0 N–H and O–H groups in total. The Hall–Kier alpha value is -1.37. The van der Waals surface area contributed by atoms with Crippen molar-refractivity contribution in [3.63, 3.8) is 0 Å². The van der Waals surface area contributed by atoms with Gasteiger partial charge in [0.15, 0.2) is 0 Å². The van der Waals surface area contributed by atoms with Crippen LogP contribution in [0.25, 0.3) is 0 Å². The molecule has 1 heteroatoms. The maximum Gasteiger partial charge on any atom is 0.0632 e. The third-order valence-corrected chi connectivity index (χ3v) is 1.47. The normalized spacial score (nSPS) is 12.3. The van der Waals surface area contributed by atoms with E-state index in [1.54, 1.807) is 0 Å². The molecule has 0 aromatic heterocycles. The number of nitrogens with zero attached hydrogens (tertiary/aromatic N) is 1. The van der Waals surface area contributed by atoms with E-state index in [0.29, 0.717) is 0 Å². The minimum Gasteiger partial charge on any atom is -0.254 e. The highest BCUT2D eigenvalue weighted by atomic mass is 14.7. The third kappa shape index (κ3) is 2.70. The van der Waals surface area contributed by atoms with E-state index >= 15 is 0 Å². The Kier molecular flexibility index (Phi) is 3.27. The van der Waals surface area contributed by atoms with Crippen molar-refractivity contribution in [1.82, 2.24) is 0 Å². The molecule has 1 aromatic carbocycles. The first-order valence-electron chi connectivity index (χ1n) is 4.06. The highest BCUT2D eigenvalue weighted by Gasteiger charge is 1.85. The molecule has 1 rings (SSSR count). The molecule has 0 amide bonds. The van der Waals surface area contributed by atoms with Gasteiger partial charge in [-0.3, -0.25) is 4.99 Å². The molecule has 0 aliphatic heterocycles. The summed E-state index contributed by atoms with van der Waals surface area (Å²) >= 11 is 0. The van der Waals surface area contributed by atoms with Crippen molar-refractivity contribution in [2.75, 3.05) is 0 Å². The third-order valence-electron chi connectivity index (χ3n) is 1.47. The van der Waals surface area contributed by atoms with Crippen LogP contribution in [0.5, 0.6) is 0 Å². The van der Waals surface area contributed by atoms with Crippen molar-refractivity contribution in [3.8, 4) is 0 Å². The van der Waals surface area contributed by atoms with Gasteiger partial charge >= 0.3 is 0 Å². The Morgan fingerprint density at radius 1 is 1.25 bits per heavy atom. The van der Waals surface area contributed by atoms with Crippen LogP contribution in [-0.4, -0.2) is 5.71 Å².